The molecule has 1 aromatic rings. The molecule has 0 saturated carbocycles. The van der Waals surface area contributed by atoms with Crippen LogP contribution in [0, 0.1) is 5.92 Å². The summed E-state index contributed by atoms with van der Waals surface area (Å²) in [5.41, 5.74) is 0.991. The van der Waals surface area contributed by atoms with Gasteiger partial charge in [-0.2, -0.15) is 0 Å². The fourth-order valence-corrected chi connectivity index (χ4v) is 1.69. The lowest BCUT2D eigenvalue weighted by Crippen LogP contribution is -2.20. The van der Waals surface area contributed by atoms with E-state index in [2.05, 4.69) is 5.32 Å². The number of ether oxygens (including phenoxy) is 2. The van der Waals surface area contributed by atoms with Crippen LogP contribution in [-0.2, 0) is 11.3 Å². The molecule has 2 N–H and O–H groups in total. The Balaban J connectivity index is 2.50. The van der Waals surface area contributed by atoms with Crippen molar-refractivity contribution >= 4 is 5.97 Å². The Kier molecular flexibility index (Phi) is 6.15. The molecule has 1 rings (SSSR count). The molecule has 106 valence electrons. The first-order valence-corrected chi connectivity index (χ1v) is 6.23. The van der Waals surface area contributed by atoms with Crippen LogP contribution < -0.4 is 14.8 Å². The lowest BCUT2D eigenvalue weighted by molar-refractivity contribution is -0.141. The zero-order valence-corrected chi connectivity index (χ0v) is 11.6. The van der Waals surface area contributed by atoms with Crippen LogP contribution in [0.2, 0.25) is 0 Å². The predicted octanol–water partition coefficient (Wildman–Crippen LogP) is 1.90. The minimum absolute atomic E-state index is 0.334. The Morgan fingerprint density at radius 2 is 2.11 bits per heavy atom. The topological polar surface area (TPSA) is 67.8 Å². The van der Waals surface area contributed by atoms with Crippen molar-refractivity contribution in [2.24, 2.45) is 5.92 Å². The van der Waals surface area contributed by atoms with Crippen molar-refractivity contribution < 1.29 is 19.4 Å². The van der Waals surface area contributed by atoms with Gasteiger partial charge in [0.25, 0.3) is 0 Å². The van der Waals surface area contributed by atoms with Crippen LogP contribution >= 0.6 is 0 Å². The van der Waals surface area contributed by atoms with Gasteiger partial charge in [0.1, 0.15) is 11.5 Å². The minimum atomic E-state index is -0.763. The van der Waals surface area contributed by atoms with Gasteiger partial charge in [-0.1, -0.05) is 6.92 Å². The van der Waals surface area contributed by atoms with E-state index in [1.54, 1.807) is 21.1 Å². The zero-order chi connectivity index (χ0) is 14.3. The third kappa shape index (κ3) is 4.79. The summed E-state index contributed by atoms with van der Waals surface area (Å²) in [6.07, 6.45) is 0.599. The fraction of sp³-hybridized carbons (Fsp3) is 0.500. The van der Waals surface area contributed by atoms with Gasteiger partial charge in [0.2, 0.25) is 0 Å². The summed E-state index contributed by atoms with van der Waals surface area (Å²) in [5, 5.41) is 12.0. The minimum Gasteiger partial charge on any atom is -0.497 e. The Morgan fingerprint density at radius 3 is 2.68 bits per heavy atom. The highest BCUT2D eigenvalue weighted by Crippen LogP contribution is 2.23. The maximum absolute atomic E-state index is 10.7. The third-order valence-corrected chi connectivity index (χ3v) is 2.98. The maximum Gasteiger partial charge on any atom is 0.306 e. The molecular formula is C14H21NO4. The first-order chi connectivity index (χ1) is 9.08. The second-order valence-electron chi connectivity index (χ2n) is 4.38. The van der Waals surface area contributed by atoms with Gasteiger partial charge in [0.15, 0.2) is 0 Å². The number of rotatable bonds is 8. The number of carboxylic acids is 1. The fourth-order valence-electron chi connectivity index (χ4n) is 1.69. The van der Waals surface area contributed by atoms with E-state index < -0.39 is 5.97 Å². The summed E-state index contributed by atoms with van der Waals surface area (Å²) in [7, 11) is 3.24. The van der Waals surface area contributed by atoms with Crippen molar-refractivity contribution in [2.75, 3.05) is 20.8 Å². The van der Waals surface area contributed by atoms with Gasteiger partial charge in [-0.25, -0.2) is 0 Å². The van der Waals surface area contributed by atoms with Crippen molar-refractivity contribution in [3.05, 3.63) is 23.8 Å². The summed E-state index contributed by atoms with van der Waals surface area (Å²) in [4.78, 5) is 10.7. The molecule has 0 fully saturated rings. The summed E-state index contributed by atoms with van der Waals surface area (Å²) in [6.45, 7) is 2.97. The first kappa shape index (κ1) is 15.3. The maximum atomic E-state index is 10.7. The molecule has 0 heterocycles. The lowest BCUT2D eigenvalue weighted by Gasteiger charge is -2.12. The van der Waals surface area contributed by atoms with Crippen molar-refractivity contribution in [3.8, 4) is 11.5 Å². The summed E-state index contributed by atoms with van der Waals surface area (Å²) in [6, 6.07) is 5.61. The number of hydrogen-bond donors (Lipinski definition) is 2. The molecule has 0 aliphatic carbocycles. The van der Waals surface area contributed by atoms with Crippen molar-refractivity contribution in [1.82, 2.24) is 5.32 Å². The van der Waals surface area contributed by atoms with E-state index in [-0.39, 0.29) is 5.92 Å². The Morgan fingerprint density at radius 1 is 1.37 bits per heavy atom. The van der Waals surface area contributed by atoms with Crippen LogP contribution in [0.1, 0.15) is 18.9 Å². The molecule has 0 radical (unpaired) electrons. The molecular weight excluding hydrogens is 246 g/mol. The largest absolute Gasteiger partial charge is 0.497 e. The SMILES string of the molecule is COc1ccc(OC)c(CNCCC(C)C(=O)O)c1. The van der Waals surface area contributed by atoms with Crippen molar-refractivity contribution in [2.45, 2.75) is 19.9 Å². The van der Waals surface area contributed by atoms with Gasteiger partial charge in [0.05, 0.1) is 20.1 Å². The number of nitrogens with one attached hydrogen (secondary N) is 1. The van der Waals surface area contributed by atoms with Crippen LogP contribution in [-0.4, -0.2) is 31.8 Å². The third-order valence-electron chi connectivity index (χ3n) is 2.98. The number of carboxylic acid groups (broad SMARTS) is 1. The van der Waals surface area contributed by atoms with E-state index in [1.807, 2.05) is 18.2 Å². The normalized spacial score (nSPS) is 11.9. The molecule has 19 heavy (non-hydrogen) atoms. The molecule has 0 aliphatic heterocycles. The van der Waals surface area contributed by atoms with Gasteiger partial charge >= 0.3 is 5.97 Å². The smallest absolute Gasteiger partial charge is 0.306 e. The van der Waals surface area contributed by atoms with E-state index in [0.29, 0.717) is 19.5 Å². The average molecular weight is 267 g/mol. The zero-order valence-electron chi connectivity index (χ0n) is 11.6. The number of methoxy groups -OCH3 is 2. The Labute approximate surface area is 113 Å². The monoisotopic (exact) mass is 267 g/mol. The van der Waals surface area contributed by atoms with E-state index in [1.165, 1.54) is 0 Å². The van der Waals surface area contributed by atoms with E-state index in [9.17, 15) is 4.79 Å². The molecule has 0 saturated heterocycles. The Hall–Kier alpha value is -1.75. The number of aliphatic carboxylic acids is 1. The molecule has 0 bridgehead atoms. The van der Waals surface area contributed by atoms with Gasteiger partial charge in [-0.05, 0) is 31.2 Å². The van der Waals surface area contributed by atoms with Gasteiger partial charge < -0.3 is 19.9 Å². The molecule has 1 unspecified atom stereocenters. The van der Waals surface area contributed by atoms with Crippen LogP contribution in [0.15, 0.2) is 18.2 Å². The van der Waals surface area contributed by atoms with Crippen LogP contribution in [0.3, 0.4) is 0 Å². The summed E-state index contributed by atoms with van der Waals surface area (Å²) in [5.74, 6) is 0.469. The van der Waals surface area contributed by atoms with E-state index >= 15 is 0 Å². The highest BCUT2D eigenvalue weighted by atomic mass is 16.5. The number of hydrogen-bond acceptors (Lipinski definition) is 4. The lowest BCUT2D eigenvalue weighted by atomic mass is 10.1. The van der Waals surface area contributed by atoms with Crippen LogP contribution in [0.25, 0.3) is 0 Å². The summed E-state index contributed by atoms with van der Waals surface area (Å²) < 4.78 is 10.4. The average Bonchev–Trinajstić information content (AvgIpc) is 2.42. The van der Waals surface area contributed by atoms with Gasteiger partial charge in [-0.3, -0.25) is 4.79 Å². The van der Waals surface area contributed by atoms with Crippen molar-refractivity contribution in [3.63, 3.8) is 0 Å². The van der Waals surface area contributed by atoms with E-state index in [0.717, 1.165) is 17.1 Å². The highest BCUT2D eigenvalue weighted by Gasteiger charge is 2.10. The molecule has 0 aliphatic rings. The molecule has 1 atom stereocenters. The second kappa shape index (κ2) is 7.63. The molecule has 0 aromatic heterocycles. The van der Waals surface area contributed by atoms with Crippen molar-refractivity contribution in [1.29, 1.82) is 0 Å². The molecule has 1 aromatic carbocycles. The number of benzene rings is 1. The Bertz CT molecular complexity index is 420. The second-order valence-corrected chi connectivity index (χ2v) is 4.38. The molecule has 0 amide bonds. The first-order valence-electron chi connectivity index (χ1n) is 6.23. The van der Waals surface area contributed by atoms with Gasteiger partial charge in [0, 0.05) is 12.1 Å². The quantitative estimate of drug-likeness (QED) is 0.704. The van der Waals surface area contributed by atoms with E-state index in [4.69, 9.17) is 14.6 Å². The highest BCUT2D eigenvalue weighted by molar-refractivity contribution is 5.69. The van der Waals surface area contributed by atoms with Gasteiger partial charge in [-0.15, -0.1) is 0 Å². The van der Waals surface area contributed by atoms with Crippen LogP contribution in [0.5, 0.6) is 11.5 Å². The molecule has 0 spiro atoms. The van der Waals surface area contributed by atoms with Crippen LogP contribution in [0.4, 0.5) is 0 Å². The molecule has 5 heteroatoms. The standard InChI is InChI=1S/C14H21NO4/c1-10(14(16)17)6-7-15-9-11-8-12(18-2)4-5-13(11)19-3/h4-5,8,10,15H,6-7,9H2,1-3H3,(H,16,17). The summed E-state index contributed by atoms with van der Waals surface area (Å²) >= 11 is 0. The molecule has 5 nitrogen and oxygen atoms in total. The predicted molar refractivity (Wildman–Crippen MR) is 72.7 cm³/mol. The number of carbonyl (C=O) groups is 1.